The molecule has 7 heteroatoms. The van der Waals surface area contributed by atoms with Gasteiger partial charge in [-0.05, 0) is 51.5 Å². The molecule has 0 saturated carbocycles. The third-order valence-corrected chi connectivity index (χ3v) is 3.67. The summed E-state index contributed by atoms with van der Waals surface area (Å²) in [6.07, 6.45) is 1.28. The molecule has 0 amide bonds. The van der Waals surface area contributed by atoms with Gasteiger partial charge in [0.15, 0.2) is 11.3 Å². The lowest BCUT2D eigenvalue weighted by Crippen LogP contribution is -2.07. The summed E-state index contributed by atoms with van der Waals surface area (Å²) >= 11 is 5.14. The van der Waals surface area contributed by atoms with Crippen molar-refractivity contribution in [3.05, 3.63) is 31.9 Å². The zero-order chi connectivity index (χ0) is 12.6. The third kappa shape index (κ3) is 2.30. The topological polar surface area (TPSA) is 43.6 Å². The maximum Gasteiger partial charge on any atom is 0.359 e. The largest absolute Gasteiger partial charge is 0.461 e. The number of halogens is 3. The molecule has 2 heterocycles. The van der Waals surface area contributed by atoms with E-state index in [4.69, 9.17) is 4.74 Å². The molecule has 0 saturated heterocycles. The van der Waals surface area contributed by atoms with Crippen LogP contribution >= 0.6 is 38.5 Å². The van der Waals surface area contributed by atoms with E-state index in [1.54, 1.807) is 6.92 Å². The van der Waals surface area contributed by atoms with Gasteiger partial charge < -0.3 is 4.74 Å². The van der Waals surface area contributed by atoms with Gasteiger partial charge in [-0.15, -0.1) is 0 Å². The Labute approximate surface area is 118 Å². The predicted molar refractivity (Wildman–Crippen MR) is 71.5 cm³/mol. The van der Waals surface area contributed by atoms with Crippen LogP contribution in [0.25, 0.3) is 5.65 Å². The first-order chi connectivity index (χ1) is 8.04. The SMILES string of the molecule is CCOC(=O)c1nc2c(Br)cc(F)cn2c1I. The fourth-order valence-corrected chi connectivity index (χ4v) is 2.58. The number of aromatic nitrogens is 2. The zero-order valence-corrected chi connectivity index (χ0v) is 12.5. The molecular weight excluding hydrogens is 406 g/mol. The molecule has 0 N–H and O–H groups in total. The van der Waals surface area contributed by atoms with E-state index in [0.717, 1.165) is 0 Å². The Balaban J connectivity index is 2.64. The summed E-state index contributed by atoms with van der Waals surface area (Å²) in [6.45, 7) is 1.99. The predicted octanol–water partition coefficient (Wildman–Crippen LogP) is 3.02. The van der Waals surface area contributed by atoms with E-state index in [1.165, 1.54) is 16.7 Å². The second-order valence-electron chi connectivity index (χ2n) is 3.17. The molecule has 0 aliphatic heterocycles. The lowest BCUT2D eigenvalue weighted by molar-refractivity contribution is 0.0519. The van der Waals surface area contributed by atoms with Crippen molar-refractivity contribution >= 4 is 50.1 Å². The Morgan fingerprint density at radius 3 is 3.06 bits per heavy atom. The fourth-order valence-electron chi connectivity index (χ4n) is 1.37. The second-order valence-corrected chi connectivity index (χ2v) is 5.05. The summed E-state index contributed by atoms with van der Waals surface area (Å²) in [6, 6.07) is 1.30. The van der Waals surface area contributed by atoms with E-state index in [0.29, 0.717) is 13.8 Å². The molecule has 17 heavy (non-hydrogen) atoms. The van der Waals surface area contributed by atoms with Gasteiger partial charge in [0.25, 0.3) is 0 Å². The highest BCUT2D eigenvalue weighted by molar-refractivity contribution is 14.1. The molecule has 90 valence electrons. The fraction of sp³-hybridized carbons (Fsp3) is 0.200. The van der Waals surface area contributed by atoms with E-state index < -0.39 is 11.8 Å². The summed E-state index contributed by atoms with van der Waals surface area (Å²) in [7, 11) is 0. The molecule has 0 aliphatic rings. The number of carbonyl (C=O) groups is 1. The van der Waals surface area contributed by atoms with Gasteiger partial charge in [-0.1, -0.05) is 0 Å². The number of rotatable bonds is 2. The Morgan fingerprint density at radius 2 is 2.41 bits per heavy atom. The van der Waals surface area contributed by atoms with Crippen molar-refractivity contribution in [2.24, 2.45) is 0 Å². The van der Waals surface area contributed by atoms with Gasteiger partial charge in [-0.25, -0.2) is 14.2 Å². The number of hydrogen-bond donors (Lipinski definition) is 0. The average molecular weight is 413 g/mol. The minimum atomic E-state index is -0.507. The van der Waals surface area contributed by atoms with E-state index >= 15 is 0 Å². The smallest absolute Gasteiger partial charge is 0.359 e. The number of imidazole rings is 1. The van der Waals surface area contributed by atoms with Crippen molar-refractivity contribution in [1.29, 1.82) is 0 Å². The van der Waals surface area contributed by atoms with Gasteiger partial charge in [-0.3, -0.25) is 4.40 Å². The summed E-state index contributed by atoms with van der Waals surface area (Å²) in [5, 5.41) is 0. The van der Waals surface area contributed by atoms with Gasteiger partial charge in [0, 0.05) is 6.20 Å². The van der Waals surface area contributed by atoms with Crippen LogP contribution < -0.4 is 0 Å². The van der Waals surface area contributed by atoms with Crippen molar-refractivity contribution in [2.75, 3.05) is 6.61 Å². The van der Waals surface area contributed by atoms with Crippen molar-refractivity contribution in [1.82, 2.24) is 9.38 Å². The van der Waals surface area contributed by atoms with Crippen molar-refractivity contribution in [3.8, 4) is 0 Å². The van der Waals surface area contributed by atoms with Gasteiger partial charge in [0.2, 0.25) is 0 Å². The molecule has 0 spiro atoms. The van der Waals surface area contributed by atoms with Crippen LogP contribution in [0.5, 0.6) is 0 Å². The van der Waals surface area contributed by atoms with Crippen LogP contribution in [-0.4, -0.2) is 22.0 Å². The minimum absolute atomic E-state index is 0.193. The summed E-state index contributed by atoms with van der Waals surface area (Å²) in [5.74, 6) is -0.914. The highest BCUT2D eigenvalue weighted by Crippen LogP contribution is 2.23. The third-order valence-electron chi connectivity index (χ3n) is 2.05. The number of hydrogen-bond acceptors (Lipinski definition) is 3. The van der Waals surface area contributed by atoms with Crippen molar-refractivity contribution in [3.63, 3.8) is 0 Å². The number of carbonyl (C=O) groups excluding carboxylic acids is 1. The molecule has 0 aromatic carbocycles. The van der Waals surface area contributed by atoms with Crippen LogP contribution in [0.3, 0.4) is 0 Å². The quantitative estimate of drug-likeness (QED) is 0.562. The molecule has 0 bridgehead atoms. The van der Waals surface area contributed by atoms with Crippen molar-refractivity contribution < 1.29 is 13.9 Å². The van der Waals surface area contributed by atoms with E-state index in [9.17, 15) is 9.18 Å². The van der Waals surface area contributed by atoms with Crippen LogP contribution in [0.2, 0.25) is 0 Å². The highest BCUT2D eigenvalue weighted by Gasteiger charge is 2.19. The summed E-state index contributed by atoms with van der Waals surface area (Å²) in [4.78, 5) is 15.8. The maximum atomic E-state index is 13.2. The second kappa shape index (κ2) is 4.89. The standard InChI is InChI=1S/C10H7BrFIN2O2/c1-2-17-10(16)7-8(13)15-4-5(12)3-6(11)9(15)14-7/h3-4H,2H2,1H3. The van der Waals surface area contributed by atoms with Gasteiger partial charge in [0.05, 0.1) is 11.1 Å². The first-order valence-corrected chi connectivity index (χ1v) is 6.61. The van der Waals surface area contributed by atoms with Crippen LogP contribution in [0.1, 0.15) is 17.4 Å². The van der Waals surface area contributed by atoms with Gasteiger partial charge in [0.1, 0.15) is 9.52 Å². The molecule has 0 unspecified atom stereocenters. The molecule has 2 aromatic rings. The summed E-state index contributed by atoms with van der Waals surface area (Å²) in [5.41, 5.74) is 0.678. The number of pyridine rings is 1. The highest BCUT2D eigenvalue weighted by atomic mass is 127. The lowest BCUT2D eigenvalue weighted by atomic mass is 10.4. The number of ether oxygens (including phenoxy) is 1. The Hall–Kier alpha value is -0.700. The van der Waals surface area contributed by atoms with Gasteiger partial charge >= 0.3 is 5.97 Å². The molecule has 0 fully saturated rings. The van der Waals surface area contributed by atoms with Crippen molar-refractivity contribution in [2.45, 2.75) is 6.92 Å². The van der Waals surface area contributed by atoms with Crippen LogP contribution in [0.15, 0.2) is 16.7 Å². The lowest BCUT2D eigenvalue weighted by Gasteiger charge is -1.98. The first-order valence-electron chi connectivity index (χ1n) is 4.74. The monoisotopic (exact) mass is 412 g/mol. The number of fused-ring (bicyclic) bond motifs is 1. The molecular formula is C10H7BrFIN2O2. The zero-order valence-electron chi connectivity index (χ0n) is 8.71. The van der Waals surface area contributed by atoms with Crippen LogP contribution in [0.4, 0.5) is 4.39 Å². The van der Waals surface area contributed by atoms with Crippen LogP contribution in [0, 0.1) is 9.52 Å². The molecule has 2 rings (SSSR count). The molecule has 0 radical (unpaired) electrons. The van der Waals surface area contributed by atoms with E-state index in [2.05, 4.69) is 20.9 Å². The van der Waals surface area contributed by atoms with Gasteiger partial charge in [-0.2, -0.15) is 0 Å². The molecule has 2 aromatic heterocycles. The molecule has 0 atom stereocenters. The minimum Gasteiger partial charge on any atom is -0.461 e. The summed E-state index contributed by atoms with van der Waals surface area (Å²) < 4.78 is 20.6. The maximum absolute atomic E-state index is 13.2. The first kappa shape index (κ1) is 12.7. The molecule has 0 aliphatic carbocycles. The van der Waals surface area contributed by atoms with Crippen LogP contribution in [-0.2, 0) is 4.74 Å². The number of esters is 1. The van der Waals surface area contributed by atoms with E-state index in [1.807, 2.05) is 22.6 Å². The normalized spacial score (nSPS) is 10.8. The average Bonchev–Trinajstić information content (AvgIpc) is 2.57. The molecule has 4 nitrogen and oxygen atoms in total. The Kier molecular flexibility index (Phi) is 3.67. The number of nitrogens with zero attached hydrogens (tertiary/aromatic N) is 2. The Bertz CT molecular complexity index is 599. The van der Waals surface area contributed by atoms with E-state index in [-0.39, 0.29) is 12.3 Å². The Morgan fingerprint density at radius 1 is 1.71 bits per heavy atom.